The number of likely N-dealkylation sites (N-methyl/N-ethyl adjacent to an activating group) is 1. The van der Waals surface area contributed by atoms with Gasteiger partial charge in [-0.1, -0.05) is 24.3 Å². The highest BCUT2D eigenvalue weighted by atomic mass is 16.3. The van der Waals surface area contributed by atoms with Gasteiger partial charge in [0, 0.05) is 64.0 Å². The average Bonchev–Trinajstić information content (AvgIpc) is 2.85. The second-order valence-electron chi connectivity index (χ2n) is 10.3. The molecule has 1 amide bonds. The number of benzene rings is 1. The summed E-state index contributed by atoms with van der Waals surface area (Å²) < 4.78 is 0. The van der Waals surface area contributed by atoms with Gasteiger partial charge in [-0.05, 0) is 56.0 Å². The number of aliphatic hydroxyl groups is 1. The van der Waals surface area contributed by atoms with Crippen molar-refractivity contribution in [2.24, 2.45) is 0 Å². The number of anilines is 2. The van der Waals surface area contributed by atoms with Crippen molar-refractivity contribution >= 4 is 17.5 Å². The van der Waals surface area contributed by atoms with Crippen LogP contribution in [-0.2, 0) is 13.0 Å². The highest BCUT2D eigenvalue weighted by Gasteiger charge is 2.23. The van der Waals surface area contributed by atoms with Gasteiger partial charge >= 0.3 is 0 Å². The molecule has 8 nitrogen and oxygen atoms in total. The van der Waals surface area contributed by atoms with Crippen LogP contribution < -0.4 is 15.5 Å². The van der Waals surface area contributed by atoms with Crippen LogP contribution in [0.3, 0.4) is 0 Å². The van der Waals surface area contributed by atoms with Crippen molar-refractivity contribution in [1.29, 1.82) is 0 Å². The molecule has 3 aliphatic rings. The van der Waals surface area contributed by atoms with Crippen LogP contribution in [0.4, 0.5) is 11.6 Å². The minimum absolute atomic E-state index is 0.164. The highest BCUT2D eigenvalue weighted by Crippen LogP contribution is 2.25. The Morgan fingerprint density at radius 2 is 1.89 bits per heavy atom. The summed E-state index contributed by atoms with van der Waals surface area (Å²) in [5.74, 6) is 1.45. The molecule has 1 atom stereocenters. The number of hydrogen-bond acceptors (Lipinski definition) is 7. The normalized spacial score (nSPS) is 20.1. The number of β-amino-alcohol motifs (C(OH)–C–C–N with tert-alkyl or cyclic N) is 1. The third kappa shape index (κ3) is 6.12. The van der Waals surface area contributed by atoms with Crippen LogP contribution in [0.5, 0.6) is 0 Å². The molecule has 35 heavy (non-hydrogen) atoms. The summed E-state index contributed by atoms with van der Waals surface area (Å²) in [6.07, 6.45) is 3.92. The number of hydrogen-bond donors (Lipinski definition) is 3. The molecule has 2 aliphatic heterocycles. The van der Waals surface area contributed by atoms with Gasteiger partial charge in [-0.25, -0.2) is 4.98 Å². The largest absolute Gasteiger partial charge is 0.390 e. The van der Waals surface area contributed by atoms with E-state index in [-0.39, 0.29) is 12.5 Å². The number of fused-ring (bicyclic) bond motifs is 1. The molecule has 1 aliphatic carbocycles. The fourth-order valence-electron chi connectivity index (χ4n) is 5.07. The van der Waals surface area contributed by atoms with Crippen molar-refractivity contribution in [3.8, 4) is 0 Å². The summed E-state index contributed by atoms with van der Waals surface area (Å²) in [6.45, 7) is 6.31. The van der Waals surface area contributed by atoms with E-state index in [9.17, 15) is 9.90 Å². The predicted octanol–water partition coefficient (Wildman–Crippen LogP) is 1.95. The third-order valence-electron chi connectivity index (χ3n) is 7.54. The second kappa shape index (κ2) is 10.9. The summed E-state index contributed by atoms with van der Waals surface area (Å²) >= 11 is 0. The molecule has 8 heteroatoms. The molecule has 2 fully saturated rings. The van der Waals surface area contributed by atoms with E-state index >= 15 is 0 Å². The lowest BCUT2D eigenvalue weighted by Crippen LogP contribution is -2.45. The van der Waals surface area contributed by atoms with Gasteiger partial charge in [0.15, 0.2) is 0 Å². The fourth-order valence-corrected chi connectivity index (χ4v) is 5.07. The number of carbonyl (C=O) groups is 1. The number of amides is 1. The lowest BCUT2D eigenvalue weighted by atomic mass is 9.93. The van der Waals surface area contributed by atoms with Crippen LogP contribution in [0, 0.1) is 0 Å². The first-order chi connectivity index (χ1) is 17.0. The summed E-state index contributed by atoms with van der Waals surface area (Å²) in [5, 5.41) is 17.1. The number of rotatable bonds is 8. The lowest BCUT2D eigenvalue weighted by Gasteiger charge is -2.34. The van der Waals surface area contributed by atoms with Crippen LogP contribution in [0.25, 0.3) is 0 Å². The maximum atomic E-state index is 13.1. The summed E-state index contributed by atoms with van der Waals surface area (Å²) in [7, 11) is 2.13. The molecule has 0 radical (unpaired) electrons. The Balaban J connectivity index is 1.20. The SMILES string of the molecule is CN1CCN(c2cc(C(=O)NC[C@H](O)CN3CCc4ccccc4C3)cc(NC3CCC3)n2)CC1. The molecular formula is C27H38N6O2. The Morgan fingerprint density at radius 1 is 1.11 bits per heavy atom. The van der Waals surface area contributed by atoms with Gasteiger partial charge in [-0.3, -0.25) is 9.69 Å². The summed E-state index contributed by atoms with van der Waals surface area (Å²) in [6, 6.07) is 12.7. The average molecular weight is 479 g/mol. The first-order valence-corrected chi connectivity index (χ1v) is 13.0. The van der Waals surface area contributed by atoms with Crippen molar-refractivity contribution < 1.29 is 9.90 Å². The molecular weight excluding hydrogens is 440 g/mol. The molecule has 0 bridgehead atoms. The number of nitrogens with zero attached hydrogens (tertiary/aromatic N) is 4. The standard InChI is InChI=1S/C27H38N6O2/c1-31-11-13-33(14-12-31)26-16-22(15-25(30-26)29-23-7-4-8-23)27(35)28-17-24(34)19-32-10-9-20-5-2-3-6-21(20)18-32/h2-3,5-6,15-16,23-24,34H,4,7-14,17-19H2,1H3,(H,28,35)(H,29,30)/t24-/m0/s1. The monoisotopic (exact) mass is 478 g/mol. The molecule has 3 N–H and O–H groups in total. The van der Waals surface area contributed by atoms with Crippen molar-refractivity contribution in [2.75, 3.05) is 63.1 Å². The first kappa shape index (κ1) is 24.0. The third-order valence-corrected chi connectivity index (χ3v) is 7.54. The predicted molar refractivity (Wildman–Crippen MR) is 139 cm³/mol. The Morgan fingerprint density at radius 3 is 2.63 bits per heavy atom. The number of aromatic nitrogens is 1. The molecule has 188 valence electrons. The molecule has 0 unspecified atom stereocenters. The second-order valence-corrected chi connectivity index (χ2v) is 10.3. The molecule has 1 saturated heterocycles. The minimum atomic E-state index is -0.615. The van der Waals surface area contributed by atoms with Crippen molar-refractivity contribution in [2.45, 2.75) is 44.4 Å². The van der Waals surface area contributed by atoms with Gasteiger partial charge < -0.3 is 25.5 Å². The topological polar surface area (TPSA) is 84.0 Å². The molecule has 0 spiro atoms. The summed E-state index contributed by atoms with van der Waals surface area (Å²) in [4.78, 5) is 24.8. The van der Waals surface area contributed by atoms with E-state index < -0.39 is 6.10 Å². The Kier molecular flexibility index (Phi) is 7.51. The number of carbonyl (C=O) groups excluding carboxylic acids is 1. The number of aliphatic hydroxyl groups excluding tert-OH is 1. The molecule has 2 aromatic rings. The van der Waals surface area contributed by atoms with Gasteiger partial charge in [0.2, 0.25) is 0 Å². The van der Waals surface area contributed by atoms with E-state index in [1.807, 2.05) is 12.1 Å². The van der Waals surface area contributed by atoms with Gasteiger partial charge in [0.05, 0.1) is 6.10 Å². The van der Waals surface area contributed by atoms with Gasteiger partial charge in [-0.15, -0.1) is 0 Å². The van der Waals surface area contributed by atoms with Gasteiger partial charge in [0.1, 0.15) is 11.6 Å². The Bertz CT molecular complexity index is 1020. The Labute approximate surface area is 208 Å². The van der Waals surface area contributed by atoms with Crippen LogP contribution in [0.2, 0.25) is 0 Å². The van der Waals surface area contributed by atoms with E-state index in [4.69, 9.17) is 4.98 Å². The maximum absolute atomic E-state index is 13.1. The minimum Gasteiger partial charge on any atom is -0.390 e. The molecule has 5 rings (SSSR count). The Hall–Kier alpha value is -2.68. The number of piperazine rings is 1. The molecule has 1 saturated carbocycles. The van der Waals surface area contributed by atoms with Crippen LogP contribution in [0.1, 0.15) is 40.7 Å². The highest BCUT2D eigenvalue weighted by molar-refractivity contribution is 5.95. The van der Waals surface area contributed by atoms with E-state index in [1.165, 1.54) is 17.5 Å². The van der Waals surface area contributed by atoms with Gasteiger partial charge in [0.25, 0.3) is 5.91 Å². The van der Waals surface area contributed by atoms with Crippen molar-refractivity contribution in [3.63, 3.8) is 0 Å². The molecule has 1 aromatic carbocycles. The fraction of sp³-hybridized carbons (Fsp3) is 0.556. The van der Waals surface area contributed by atoms with Crippen LogP contribution >= 0.6 is 0 Å². The zero-order valence-electron chi connectivity index (χ0n) is 20.7. The lowest BCUT2D eigenvalue weighted by molar-refractivity contribution is 0.0842. The van der Waals surface area contributed by atoms with E-state index in [2.05, 4.69) is 56.6 Å². The maximum Gasteiger partial charge on any atom is 0.251 e. The van der Waals surface area contributed by atoms with E-state index in [0.717, 1.165) is 70.2 Å². The van der Waals surface area contributed by atoms with Gasteiger partial charge in [-0.2, -0.15) is 0 Å². The first-order valence-electron chi connectivity index (χ1n) is 13.0. The number of nitrogens with one attached hydrogen (secondary N) is 2. The molecule has 1 aromatic heterocycles. The number of pyridine rings is 1. The zero-order valence-corrected chi connectivity index (χ0v) is 20.7. The van der Waals surface area contributed by atoms with Crippen LogP contribution in [0.15, 0.2) is 36.4 Å². The van der Waals surface area contributed by atoms with E-state index in [0.29, 0.717) is 18.2 Å². The summed E-state index contributed by atoms with van der Waals surface area (Å²) in [5.41, 5.74) is 3.32. The quantitative estimate of drug-likeness (QED) is 0.535. The van der Waals surface area contributed by atoms with E-state index in [1.54, 1.807) is 0 Å². The van der Waals surface area contributed by atoms with Crippen molar-refractivity contribution in [3.05, 3.63) is 53.1 Å². The molecule has 3 heterocycles. The zero-order chi connectivity index (χ0) is 24.2. The van der Waals surface area contributed by atoms with Crippen LogP contribution in [-0.4, -0.2) is 90.8 Å². The van der Waals surface area contributed by atoms with Crippen molar-refractivity contribution in [1.82, 2.24) is 20.1 Å². The smallest absolute Gasteiger partial charge is 0.251 e.